The van der Waals surface area contributed by atoms with Crippen LogP contribution in [0.25, 0.3) is 0 Å². The van der Waals surface area contributed by atoms with E-state index in [4.69, 9.17) is 27.9 Å². The van der Waals surface area contributed by atoms with E-state index < -0.39 is 0 Å². The Kier molecular flexibility index (Phi) is 5.61. The number of halogens is 2. The van der Waals surface area contributed by atoms with Crippen LogP contribution < -0.4 is 15.4 Å². The van der Waals surface area contributed by atoms with Crippen LogP contribution in [0.2, 0.25) is 10.0 Å². The van der Waals surface area contributed by atoms with E-state index in [1.54, 1.807) is 67.9 Å². The van der Waals surface area contributed by atoms with Crippen LogP contribution in [-0.4, -0.2) is 18.0 Å². The SMILES string of the molecule is COc1cccc(NC(=O)c2cc(Nc3ccc(Cl)cc3Cl)ccn2)c1. The molecule has 0 saturated heterocycles. The first-order chi connectivity index (χ1) is 12.5. The van der Waals surface area contributed by atoms with E-state index in [2.05, 4.69) is 15.6 Å². The van der Waals surface area contributed by atoms with Gasteiger partial charge in [-0.2, -0.15) is 0 Å². The lowest BCUT2D eigenvalue weighted by Gasteiger charge is -2.10. The van der Waals surface area contributed by atoms with Crippen LogP contribution in [0.1, 0.15) is 10.5 Å². The number of carbonyl (C=O) groups excluding carboxylic acids is 1. The van der Waals surface area contributed by atoms with Gasteiger partial charge in [0, 0.05) is 28.7 Å². The van der Waals surface area contributed by atoms with Crippen LogP contribution in [0.3, 0.4) is 0 Å². The molecule has 26 heavy (non-hydrogen) atoms. The molecule has 3 aromatic rings. The molecule has 132 valence electrons. The summed E-state index contributed by atoms with van der Waals surface area (Å²) in [7, 11) is 1.57. The second kappa shape index (κ2) is 8.08. The summed E-state index contributed by atoms with van der Waals surface area (Å²) < 4.78 is 5.15. The number of nitrogens with zero attached hydrogens (tertiary/aromatic N) is 1. The molecule has 3 rings (SSSR count). The third kappa shape index (κ3) is 4.45. The fraction of sp³-hybridized carbons (Fsp3) is 0.0526. The van der Waals surface area contributed by atoms with Crippen LogP contribution in [0, 0.1) is 0 Å². The number of ether oxygens (including phenoxy) is 1. The zero-order valence-electron chi connectivity index (χ0n) is 13.8. The molecule has 0 fully saturated rings. The fourth-order valence-corrected chi connectivity index (χ4v) is 2.73. The summed E-state index contributed by atoms with van der Waals surface area (Å²) in [5.41, 5.74) is 2.25. The predicted molar refractivity (Wildman–Crippen MR) is 105 cm³/mol. The summed E-state index contributed by atoms with van der Waals surface area (Å²) in [4.78, 5) is 16.6. The zero-order valence-corrected chi connectivity index (χ0v) is 15.3. The lowest BCUT2D eigenvalue weighted by Crippen LogP contribution is -2.13. The van der Waals surface area contributed by atoms with Crippen molar-refractivity contribution < 1.29 is 9.53 Å². The van der Waals surface area contributed by atoms with Gasteiger partial charge >= 0.3 is 0 Å². The van der Waals surface area contributed by atoms with Crippen LogP contribution in [-0.2, 0) is 0 Å². The van der Waals surface area contributed by atoms with Gasteiger partial charge in [-0.05, 0) is 42.5 Å². The summed E-state index contributed by atoms with van der Waals surface area (Å²) in [6, 6.07) is 15.6. The molecule has 0 spiro atoms. The van der Waals surface area contributed by atoms with E-state index >= 15 is 0 Å². The molecule has 2 aromatic carbocycles. The summed E-state index contributed by atoms with van der Waals surface area (Å²) in [6.45, 7) is 0. The molecular formula is C19H15Cl2N3O2. The van der Waals surface area contributed by atoms with Gasteiger partial charge in [-0.3, -0.25) is 9.78 Å². The van der Waals surface area contributed by atoms with Gasteiger partial charge < -0.3 is 15.4 Å². The number of benzene rings is 2. The monoisotopic (exact) mass is 387 g/mol. The number of hydrogen-bond donors (Lipinski definition) is 2. The Labute approximate surface area is 160 Å². The second-order valence-corrected chi connectivity index (χ2v) is 6.21. The van der Waals surface area contributed by atoms with E-state index in [-0.39, 0.29) is 11.6 Å². The zero-order chi connectivity index (χ0) is 18.5. The van der Waals surface area contributed by atoms with E-state index in [1.807, 2.05) is 0 Å². The molecule has 0 saturated carbocycles. The second-order valence-electron chi connectivity index (χ2n) is 5.37. The van der Waals surface area contributed by atoms with E-state index in [0.29, 0.717) is 32.9 Å². The average Bonchev–Trinajstić information content (AvgIpc) is 2.64. The van der Waals surface area contributed by atoms with Gasteiger partial charge in [0.2, 0.25) is 0 Å². The highest BCUT2D eigenvalue weighted by molar-refractivity contribution is 6.36. The molecule has 2 N–H and O–H groups in total. The van der Waals surface area contributed by atoms with Crippen molar-refractivity contribution >= 4 is 46.2 Å². The third-order valence-electron chi connectivity index (χ3n) is 3.53. The number of amides is 1. The summed E-state index contributed by atoms with van der Waals surface area (Å²) in [6.07, 6.45) is 1.55. The van der Waals surface area contributed by atoms with Gasteiger partial charge in [-0.25, -0.2) is 0 Å². The Morgan fingerprint density at radius 3 is 2.65 bits per heavy atom. The first-order valence-corrected chi connectivity index (χ1v) is 8.44. The summed E-state index contributed by atoms with van der Waals surface area (Å²) in [5.74, 6) is 0.327. The van der Waals surface area contributed by atoms with Crippen molar-refractivity contribution in [3.05, 3.63) is 76.5 Å². The smallest absolute Gasteiger partial charge is 0.274 e. The molecule has 0 radical (unpaired) electrons. The number of methoxy groups -OCH3 is 1. The predicted octanol–water partition coefficient (Wildman–Crippen LogP) is 5.39. The Balaban J connectivity index is 1.76. The highest BCUT2D eigenvalue weighted by atomic mass is 35.5. The molecule has 0 atom stereocenters. The van der Waals surface area contributed by atoms with Gasteiger partial charge in [-0.15, -0.1) is 0 Å². The number of carbonyl (C=O) groups is 1. The minimum Gasteiger partial charge on any atom is -0.497 e. The largest absolute Gasteiger partial charge is 0.497 e. The first kappa shape index (κ1) is 18.0. The first-order valence-electron chi connectivity index (χ1n) is 7.69. The molecule has 1 heterocycles. The molecule has 5 nitrogen and oxygen atoms in total. The maximum Gasteiger partial charge on any atom is 0.274 e. The van der Waals surface area contributed by atoms with Gasteiger partial charge in [-0.1, -0.05) is 29.3 Å². The Morgan fingerprint density at radius 1 is 1.04 bits per heavy atom. The Morgan fingerprint density at radius 2 is 1.88 bits per heavy atom. The quantitative estimate of drug-likeness (QED) is 0.615. The van der Waals surface area contributed by atoms with Crippen molar-refractivity contribution in [3.63, 3.8) is 0 Å². The Bertz CT molecular complexity index is 948. The lowest BCUT2D eigenvalue weighted by molar-refractivity contribution is 0.102. The number of aromatic nitrogens is 1. The van der Waals surface area contributed by atoms with Crippen LogP contribution in [0.15, 0.2) is 60.8 Å². The van der Waals surface area contributed by atoms with Gasteiger partial charge in [0.1, 0.15) is 11.4 Å². The van der Waals surface area contributed by atoms with Crippen LogP contribution in [0.5, 0.6) is 5.75 Å². The minimum atomic E-state index is -0.330. The maximum atomic E-state index is 12.4. The molecule has 0 aliphatic heterocycles. The molecule has 0 aliphatic rings. The standard InChI is InChI=1S/C19H15Cl2N3O2/c1-26-15-4-2-3-13(10-15)24-19(25)18-11-14(7-8-22-18)23-17-6-5-12(20)9-16(17)21/h2-11H,1H3,(H,22,23)(H,24,25). The van der Waals surface area contributed by atoms with E-state index in [9.17, 15) is 4.79 Å². The molecule has 0 unspecified atom stereocenters. The fourth-order valence-electron chi connectivity index (χ4n) is 2.27. The molecule has 0 aliphatic carbocycles. The average molecular weight is 388 g/mol. The van der Waals surface area contributed by atoms with Gasteiger partial charge in [0.05, 0.1) is 17.8 Å². The topological polar surface area (TPSA) is 63.2 Å². The van der Waals surface area contributed by atoms with Crippen molar-refractivity contribution in [1.29, 1.82) is 0 Å². The summed E-state index contributed by atoms with van der Waals surface area (Å²) in [5, 5.41) is 6.97. The summed E-state index contributed by atoms with van der Waals surface area (Å²) >= 11 is 12.1. The molecular weight excluding hydrogens is 373 g/mol. The number of nitrogens with one attached hydrogen (secondary N) is 2. The number of pyridine rings is 1. The highest BCUT2D eigenvalue weighted by Gasteiger charge is 2.10. The molecule has 1 amide bonds. The molecule has 1 aromatic heterocycles. The van der Waals surface area contributed by atoms with E-state index in [1.165, 1.54) is 0 Å². The van der Waals surface area contributed by atoms with Crippen molar-refractivity contribution in [2.45, 2.75) is 0 Å². The van der Waals surface area contributed by atoms with Crippen LogP contribution >= 0.6 is 23.2 Å². The van der Waals surface area contributed by atoms with Gasteiger partial charge in [0.25, 0.3) is 5.91 Å². The van der Waals surface area contributed by atoms with Crippen molar-refractivity contribution in [2.24, 2.45) is 0 Å². The number of rotatable bonds is 5. The van der Waals surface area contributed by atoms with Crippen LogP contribution in [0.4, 0.5) is 17.1 Å². The minimum absolute atomic E-state index is 0.267. The highest BCUT2D eigenvalue weighted by Crippen LogP contribution is 2.28. The number of hydrogen-bond acceptors (Lipinski definition) is 4. The molecule has 0 bridgehead atoms. The Hall–Kier alpha value is -2.76. The molecule has 7 heteroatoms. The van der Waals surface area contributed by atoms with Crippen molar-refractivity contribution in [3.8, 4) is 5.75 Å². The normalized spacial score (nSPS) is 10.3. The third-order valence-corrected chi connectivity index (χ3v) is 4.08. The van der Waals surface area contributed by atoms with E-state index in [0.717, 1.165) is 0 Å². The maximum absolute atomic E-state index is 12.4. The lowest BCUT2D eigenvalue weighted by atomic mass is 10.2. The van der Waals surface area contributed by atoms with Gasteiger partial charge in [0.15, 0.2) is 0 Å². The van der Waals surface area contributed by atoms with Crippen molar-refractivity contribution in [1.82, 2.24) is 4.98 Å². The number of anilines is 3. The van der Waals surface area contributed by atoms with Crippen molar-refractivity contribution in [2.75, 3.05) is 17.7 Å².